The SMILES string of the molecule is COc1cc(C)c(C)cc1S(=O)(=O)N1CCN(C(=O)COc2ccc(C)cc2C)CC1. The van der Waals surface area contributed by atoms with Gasteiger partial charge >= 0.3 is 0 Å². The van der Waals surface area contributed by atoms with Crippen LogP contribution in [0.2, 0.25) is 0 Å². The summed E-state index contributed by atoms with van der Waals surface area (Å²) >= 11 is 0. The van der Waals surface area contributed by atoms with E-state index in [0.29, 0.717) is 24.6 Å². The lowest BCUT2D eigenvalue weighted by Gasteiger charge is -2.34. The number of aryl methyl sites for hydroxylation is 4. The third-order valence-electron chi connectivity index (χ3n) is 5.67. The van der Waals surface area contributed by atoms with E-state index in [1.165, 1.54) is 11.4 Å². The van der Waals surface area contributed by atoms with Crippen molar-refractivity contribution in [3.63, 3.8) is 0 Å². The summed E-state index contributed by atoms with van der Waals surface area (Å²) in [4.78, 5) is 14.4. The van der Waals surface area contributed by atoms with Gasteiger partial charge in [0.15, 0.2) is 6.61 Å². The number of carbonyl (C=O) groups is 1. The van der Waals surface area contributed by atoms with Gasteiger partial charge < -0.3 is 14.4 Å². The summed E-state index contributed by atoms with van der Waals surface area (Å²) in [7, 11) is -2.25. The van der Waals surface area contributed by atoms with E-state index in [2.05, 4.69) is 0 Å². The average Bonchev–Trinajstić information content (AvgIpc) is 2.74. The number of methoxy groups -OCH3 is 1. The van der Waals surface area contributed by atoms with Crippen molar-refractivity contribution >= 4 is 15.9 Å². The van der Waals surface area contributed by atoms with E-state index in [1.807, 2.05) is 45.9 Å². The molecular formula is C23H30N2O5S. The smallest absolute Gasteiger partial charge is 0.260 e. The maximum atomic E-state index is 13.2. The van der Waals surface area contributed by atoms with Gasteiger partial charge in [0.1, 0.15) is 16.4 Å². The maximum Gasteiger partial charge on any atom is 0.260 e. The van der Waals surface area contributed by atoms with Gasteiger partial charge in [0.25, 0.3) is 5.91 Å². The zero-order valence-electron chi connectivity index (χ0n) is 18.8. The van der Waals surface area contributed by atoms with Crippen molar-refractivity contribution in [3.8, 4) is 11.5 Å². The molecule has 2 aromatic carbocycles. The highest BCUT2D eigenvalue weighted by molar-refractivity contribution is 7.89. The molecule has 0 bridgehead atoms. The fourth-order valence-electron chi connectivity index (χ4n) is 3.63. The van der Waals surface area contributed by atoms with Gasteiger partial charge in [-0.1, -0.05) is 17.7 Å². The van der Waals surface area contributed by atoms with Crippen LogP contribution >= 0.6 is 0 Å². The highest BCUT2D eigenvalue weighted by Gasteiger charge is 2.32. The lowest BCUT2D eigenvalue weighted by molar-refractivity contribution is -0.134. The minimum atomic E-state index is -3.72. The van der Waals surface area contributed by atoms with E-state index in [0.717, 1.165) is 22.3 Å². The first-order chi connectivity index (χ1) is 14.6. The van der Waals surface area contributed by atoms with E-state index < -0.39 is 10.0 Å². The van der Waals surface area contributed by atoms with Crippen molar-refractivity contribution in [1.29, 1.82) is 0 Å². The van der Waals surface area contributed by atoms with Crippen LogP contribution in [0.1, 0.15) is 22.3 Å². The van der Waals surface area contributed by atoms with Crippen LogP contribution in [-0.2, 0) is 14.8 Å². The van der Waals surface area contributed by atoms with Crippen molar-refractivity contribution in [2.75, 3.05) is 39.9 Å². The zero-order valence-corrected chi connectivity index (χ0v) is 19.6. The van der Waals surface area contributed by atoms with Crippen LogP contribution in [0.3, 0.4) is 0 Å². The Kier molecular flexibility index (Phi) is 6.91. The molecule has 0 atom stereocenters. The van der Waals surface area contributed by atoms with E-state index in [9.17, 15) is 13.2 Å². The van der Waals surface area contributed by atoms with Gasteiger partial charge in [-0.15, -0.1) is 0 Å². The van der Waals surface area contributed by atoms with Gasteiger partial charge in [0.05, 0.1) is 7.11 Å². The van der Waals surface area contributed by atoms with Gasteiger partial charge in [-0.05, 0) is 62.6 Å². The number of ether oxygens (including phenoxy) is 2. The third kappa shape index (κ3) is 5.02. The first-order valence-corrected chi connectivity index (χ1v) is 11.7. The number of nitrogens with zero attached hydrogens (tertiary/aromatic N) is 2. The van der Waals surface area contributed by atoms with Crippen molar-refractivity contribution in [2.45, 2.75) is 32.6 Å². The summed E-state index contributed by atoms with van der Waals surface area (Å²) in [5.74, 6) is 0.867. The van der Waals surface area contributed by atoms with Gasteiger partial charge in [-0.25, -0.2) is 8.42 Å². The molecule has 1 amide bonds. The number of hydrogen-bond acceptors (Lipinski definition) is 5. The van der Waals surface area contributed by atoms with Crippen LogP contribution in [0.25, 0.3) is 0 Å². The molecule has 31 heavy (non-hydrogen) atoms. The second kappa shape index (κ2) is 9.28. The Balaban J connectivity index is 1.63. The Bertz CT molecular complexity index is 1070. The second-order valence-corrected chi connectivity index (χ2v) is 9.84. The summed E-state index contributed by atoms with van der Waals surface area (Å²) in [5.41, 5.74) is 3.96. The topological polar surface area (TPSA) is 76.2 Å². The molecule has 3 rings (SSSR count). The third-order valence-corrected chi connectivity index (χ3v) is 7.59. The van der Waals surface area contributed by atoms with Crippen LogP contribution in [-0.4, -0.2) is 63.4 Å². The van der Waals surface area contributed by atoms with Gasteiger partial charge in [0, 0.05) is 26.2 Å². The number of rotatable bonds is 6. The van der Waals surface area contributed by atoms with Crippen molar-refractivity contribution in [1.82, 2.24) is 9.21 Å². The molecule has 1 saturated heterocycles. The minimum absolute atomic E-state index is 0.0678. The van der Waals surface area contributed by atoms with Gasteiger partial charge in [0.2, 0.25) is 10.0 Å². The van der Waals surface area contributed by atoms with Gasteiger partial charge in [-0.3, -0.25) is 4.79 Å². The first-order valence-electron chi connectivity index (χ1n) is 10.3. The normalized spacial score (nSPS) is 15.1. The molecule has 0 spiro atoms. The van der Waals surface area contributed by atoms with E-state index >= 15 is 0 Å². The van der Waals surface area contributed by atoms with Crippen molar-refractivity contribution in [3.05, 3.63) is 52.6 Å². The number of benzene rings is 2. The van der Waals surface area contributed by atoms with Crippen LogP contribution in [0.15, 0.2) is 35.2 Å². The molecule has 8 heteroatoms. The molecule has 0 aromatic heterocycles. The Morgan fingerprint density at radius 1 is 0.903 bits per heavy atom. The first kappa shape index (κ1) is 23.1. The second-order valence-electron chi connectivity index (χ2n) is 7.93. The number of sulfonamides is 1. The highest BCUT2D eigenvalue weighted by Crippen LogP contribution is 2.30. The van der Waals surface area contributed by atoms with Crippen LogP contribution in [0, 0.1) is 27.7 Å². The predicted octanol–water partition coefficient (Wildman–Crippen LogP) is 2.84. The van der Waals surface area contributed by atoms with E-state index in [1.54, 1.807) is 17.0 Å². The molecule has 168 valence electrons. The van der Waals surface area contributed by atoms with Crippen molar-refractivity contribution < 1.29 is 22.7 Å². The molecular weight excluding hydrogens is 416 g/mol. The Morgan fingerprint density at radius 2 is 1.55 bits per heavy atom. The van der Waals surface area contributed by atoms with E-state index in [4.69, 9.17) is 9.47 Å². The summed E-state index contributed by atoms with van der Waals surface area (Å²) in [5, 5.41) is 0. The summed E-state index contributed by atoms with van der Waals surface area (Å²) < 4.78 is 38.8. The Hall–Kier alpha value is -2.58. The molecule has 1 heterocycles. The maximum absolute atomic E-state index is 13.2. The molecule has 7 nitrogen and oxygen atoms in total. The van der Waals surface area contributed by atoms with Crippen LogP contribution < -0.4 is 9.47 Å². The van der Waals surface area contributed by atoms with Crippen LogP contribution in [0.5, 0.6) is 11.5 Å². The number of hydrogen-bond donors (Lipinski definition) is 0. The monoisotopic (exact) mass is 446 g/mol. The molecule has 0 saturated carbocycles. The molecule has 1 aliphatic rings. The zero-order chi connectivity index (χ0) is 22.8. The fraction of sp³-hybridized carbons (Fsp3) is 0.435. The molecule has 2 aromatic rings. The Morgan fingerprint density at radius 3 is 2.16 bits per heavy atom. The highest BCUT2D eigenvalue weighted by atomic mass is 32.2. The minimum Gasteiger partial charge on any atom is -0.495 e. The summed E-state index contributed by atoms with van der Waals surface area (Å²) in [6, 6.07) is 9.20. The van der Waals surface area contributed by atoms with Crippen molar-refractivity contribution in [2.24, 2.45) is 0 Å². The summed E-state index contributed by atoms with van der Waals surface area (Å²) in [6.07, 6.45) is 0. The molecule has 0 N–H and O–H groups in total. The predicted molar refractivity (Wildman–Crippen MR) is 119 cm³/mol. The fourth-order valence-corrected chi connectivity index (χ4v) is 5.28. The lowest BCUT2D eigenvalue weighted by atomic mass is 10.1. The van der Waals surface area contributed by atoms with E-state index in [-0.39, 0.29) is 30.5 Å². The summed E-state index contributed by atoms with van der Waals surface area (Å²) in [6.45, 7) is 8.77. The molecule has 1 aliphatic heterocycles. The number of carbonyl (C=O) groups excluding carboxylic acids is 1. The quantitative estimate of drug-likeness (QED) is 0.682. The largest absolute Gasteiger partial charge is 0.495 e. The standard InChI is InChI=1S/C23H30N2O5S/c1-16-6-7-20(19(4)12-16)30-15-23(26)24-8-10-25(11-9-24)31(27,28)22-14-18(3)17(2)13-21(22)29-5/h6-7,12-14H,8-11,15H2,1-5H3. The van der Waals surface area contributed by atoms with Gasteiger partial charge in [-0.2, -0.15) is 4.31 Å². The van der Waals surface area contributed by atoms with Crippen LogP contribution in [0.4, 0.5) is 0 Å². The Labute approximate surface area is 184 Å². The molecule has 0 aliphatic carbocycles. The number of piperazine rings is 1. The molecule has 1 fully saturated rings. The number of amides is 1. The molecule has 0 radical (unpaired) electrons. The average molecular weight is 447 g/mol. The molecule has 0 unspecified atom stereocenters. The lowest BCUT2D eigenvalue weighted by Crippen LogP contribution is -2.51.